The Hall–Kier alpha value is -1.05. The number of hydrogen-bond donors (Lipinski definition) is 1. The molecule has 2 heteroatoms. The van der Waals surface area contributed by atoms with E-state index in [-0.39, 0.29) is 11.2 Å². The fraction of sp³-hybridized carbons (Fsp3) is 0.688. The van der Waals surface area contributed by atoms with E-state index in [0.29, 0.717) is 11.8 Å². The maximum atomic E-state index is 12.5. The van der Waals surface area contributed by atoms with Crippen molar-refractivity contribution in [2.24, 2.45) is 17.3 Å². The second kappa shape index (κ2) is 4.56. The van der Waals surface area contributed by atoms with Gasteiger partial charge in [-0.3, -0.25) is 4.79 Å². The number of nitrogens with one attached hydrogen (secondary N) is 1. The van der Waals surface area contributed by atoms with E-state index in [1.54, 1.807) is 0 Å². The largest absolute Gasteiger partial charge is 0.385 e. The normalized spacial score (nSPS) is 32.4. The van der Waals surface area contributed by atoms with Gasteiger partial charge in [-0.25, -0.2) is 0 Å². The summed E-state index contributed by atoms with van der Waals surface area (Å²) in [6, 6.07) is 0. The molecule has 0 aromatic carbocycles. The van der Waals surface area contributed by atoms with Crippen molar-refractivity contribution in [1.29, 1.82) is 0 Å². The molecule has 1 saturated carbocycles. The Bertz CT molecular complexity index is 430. The number of carbonyl (C=O) groups is 1. The highest BCUT2D eigenvalue weighted by molar-refractivity contribution is 6.10. The van der Waals surface area contributed by atoms with Gasteiger partial charge in [0.2, 0.25) is 5.78 Å². The van der Waals surface area contributed by atoms with Crippen LogP contribution in [0.5, 0.6) is 0 Å². The molecule has 2 rings (SSSR count). The summed E-state index contributed by atoms with van der Waals surface area (Å²) in [5.74, 6) is 1.13. The molecule has 0 bridgehead atoms. The molecular formula is C16H25NO. The lowest BCUT2D eigenvalue weighted by Crippen LogP contribution is -2.39. The van der Waals surface area contributed by atoms with Crippen LogP contribution in [0.25, 0.3) is 0 Å². The van der Waals surface area contributed by atoms with E-state index in [0.717, 1.165) is 17.7 Å². The quantitative estimate of drug-likeness (QED) is 0.809. The maximum absolute atomic E-state index is 12.5. The summed E-state index contributed by atoms with van der Waals surface area (Å²) in [4.78, 5) is 12.5. The minimum atomic E-state index is 0.0735. The lowest BCUT2D eigenvalue weighted by molar-refractivity contribution is -0.113. The van der Waals surface area contributed by atoms with Crippen LogP contribution in [0.4, 0.5) is 0 Å². The van der Waals surface area contributed by atoms with Gasteiger partial charge in [0.15, 0.2) is 0 Å². The highest BCUT2D eigenvalue weighted by Gasteiger charge is 2.43. The minimum Gasteiger partial charge on any atom is -0.385 e. The smallest absolute Gasteiger partial charge is 0.204 e. The van der Waals surface area contributed by atoms with Gasteiger partial charge in [-0.1, -0.05) is 33.8 Å². The van der Waals surface area contributed by atoms with Crippen LogP contribution in [-0.2, 0) is 4.79 Å². The highest BCUT2D eigenvalue weighted by Crippen LogP contribution is 2.50. The molecule has 2 unspecified atom stereocenters. The first kappa shape index (κ1) is 13.4. The van der Waals surface area contributed by atoms with Crippen LogP contribution in [0.15, 0.2) is 22.9 Å². The van der Waals surface area contributed by atoms with Crippen molar-refractivity contribution in [2.45, 2.75) is 47.0 Å². The molecule has 0 aliphatic heterocycles. The van der Waals surface area contributed by atoms with E-state index in [9.17, 15) is 4.79 Å². The van der Waals surface area contributed by atoms with E-state index in [4.69, 9.17) is 0 Å². The minimum absolute atomic E-state index is 0.0735. The zero-order valence-electron chi connectivity index (χ0n) is 12.3. The lowest BCUT2D eigenvalue weighted by atomic mass is 9.60. The highest BCUT2D eigenvalue weighted by atomic mass is 16.1. The molecule has 2 nitrogen and oxygen atoms in total. The average Bonchev–Trinajstić information content (AvgIpc) is 2.31. The third-order valence-corrected chi connectivity index (χ3v) is 4.86. The van der Waals surface area contributed by atoms with Gasteiger partial charge in [0.05, 0.1) is 5.70 Å². The molecule has 2 aliphatic carbocycles. The monoisotopic (exact) mass is 247 g/mol. The fourth-order valence-electron chi connectivity index (χ4n) is 3.44. The Morgan fingerprint density at radius 3 is 2.67 bits per heavy atom. The molecule has 18 heavy (non-hydrogen) atoms. The van der Waals surface area contributed by atoms with Crippen LogP contribution in [0, 0.1) is 17.3 Å². The van der Waals surface area contributed by atoms with Crippen molar-refractivity contribution in [3.8, 4) is 0 Å². The Labute approximate surface area is 111 Å². The van der Waals surface area contributed by atoms with Gasteiger partial charge in [0.25, 0.3) is 0 Å². The second-order valence-electron chi connectivity index (χ2n) is 6.26. The van der Waals surface area contributed by atoms with Crippen LogP contribution in [0.1, 0.15) is 47.0 Å². The summed E-state index contributed by atoms with van der Waals surface area (Å²) < 4.78 is 0. The van der Waals surface area contributed by atoms with Crippen LogP contribution in [0.3, 0.4) is 0 Å². The fourth-order valence-corrected chi connectivity index (χ4v) is 3.44. The topological polar surface area (TPSA) is 29.1 Å². The number of allylic oxidation sites excluding steroid dienone is 3. The first-order valence-electron chi connectivity index (χ1n) is 7.10. The van der Waals surface area contributed by atoms with Gasteiger partial charge in [-0.2, -0.15) is 0 Å². The summed E-state index contributed by atoms with van der Waals surface area (Å²) in [6.07, 6.45) is 5.78. The Balaban J connectivity index is 2.57. The summed E-state index contributed by atoms with van der Waals surface area (Å²) in [5.41, 5.74) is 3.26. The van der Waals surface area contributed by atoms with E-state index < -0.39 is 0 Å². The summed E-state index contributed by atoms with van der Waals surface area (Å²) >= 11 is 0. The predicted molar refractivity (Wildman–Crippen MR) is 75.1 cm³/mol. The molecule has 1 fully saturated rings. The van der Waals surface area contributed by atoms with Crippen molar-refractivity contribution in [3.05, 3.63) is 22.9 Å². The van der Waals surface area contributed by atoms with E-state index in [2.05, 4.69) is 39.1 Å². The first-order chi connectivity index (χ1) is 8.41. The molecule has 0 heterocycles. The maximum Gasteiger partial charge on any atom is 0.204 e. The molecule has 2 aliphatic rings. The van der Waals surface area contributed by atoms with Crippen molar-refractivity contribution in [2.75, 3.05) is 7.05 Å². The molecule has 0 saturated heterocycles. The Morgan fingerprint density at radius 1 is 1.44 bits per heavy atom. The van der Waals surface area contributed by atoms with Crippen LogP contribution in [0.2, 0.25) is 0 Å². The second-order valence-corrected chi connectivity index (χ2v) is 6.26. The number of likely N-dealkylation sites (N-methyl/N-ethyl adjacent to an activating group) is 1. The van der Waals surface area contributed by atoms with Gasteiger partial charge >= 0.3 is 0 Å². The number of Topliss-reactive ketones (excluding diaryl/α,β-unsaturated/α-hetero) is 1. The Kier molecular flexibility index (Phi) is 3.39. The first-order valence-corrected chi connectivity index (χ1v) is 7.10. The number of rotatable bonds is 2. The Morgan fingerprint density at radius 2 is 2.11 bits per heavy atom. The summed E-state index contributed by atoms with van der Waals surface area (Å²) in [7, 11) is 1.88. The standard InChI is InChI=1S/C16H25NO/c1-10(2)12-9-16(4)11(3)7-6-8-13(16)14(17-5)15(12)18/h9-11,17H,6-8H2,1-5H3. The zero-order valence-corrected chi connectivity index (χ0v) is 12.3. The summed E-state index contributed by atoms with van der Waals surface area (Å²) in [5, 5.41) is 3.17. The van der Waals surface area contributed by atoms with Crippen LogP contribution < -0.4 is 5.32 Å². The molecule has 0 aromatic heterocycles. The molecule has 100 valence electrons. The van der Waals surface area contributed by atoms with Crippen LogP contribution >= 0.6 is 0 Å². The molecular weight excluding hydrogens is 222 g/mol. The molecule has 0 aromatic rings. The lowest BCUT2D eigenvalue weighted by Gasteiger charge is -2.44. The zero-order chi connectivity index (χ0) is 13.5. The molecule has 0 radical (unpaired) electrons. The number of fused-ring (bicyclic) bond motifs is 1. The number of ketones is 1. The SMILES string of the molecule is CNC1=C2CCCC(C)C2(C)C=C(C(C)C)C1=O. The van der Waals surface area contributed by atoms with Gasteiger partial charge < -0.3 is 5.32 Å². The van der Waals surface area contributed by atoms with Crippen molar-refractivity contribution in [1.82, 2.24) is 5.32 Å². The summed E-state index contributed by atoms with van der Waals surface area (Å²) in [6.45, 7) is 8.84. The third kappa shape index (κ3) is 1.82. The van der Waals surface area contributed by atoms with Crippen molar-refractivity contribution >= 4 is 5.78 Å². The average molecular weight is 247 g/mol. The molecule has 1 N–H and O–H groups in total. The molecule has 2 atom stereocenters. The van der Waals surface area contributed by atoms with Gasteiger partial charge in [0, 0.05) is 18.0 Å². The molecule has 0 spiro atoms. The molecule has 0 amide bonds. The van der Waals surface area contributed by atoms with Gasteiger partial charge in [-0.05, 0) is 36.7 Å². The van der Waals surface area contributed by atoms with E-state index in [1.807, 2.05) is 7.05 Å². The van der Waals surface area contributed by atoms with Crippen LogP contribution in [-0.4, -0.2) is 12.8 Å². The predicted octanol–water partition coefficient (Wildman–Crippen LogP) is 3.45. The van der Waals surface area contributed by atoms with Gasteiger partial charge in [-0.15, -0.1) is 0 Å². The van der Waals surface area contributed by atoms with E-state index in [1.165, 1.54) is 18.4 Å². The van der Waals surface area contributed by atoms with Crippen molar-refractivity contribution < 1.29 is 4.79 Å². The number of carbonyl (C=O) groups excluding carboxylic acids is 1. The van der Waals surface area contributed by atoms with E-state index >= 15 is 0 Å². The third-order valence-electron chi connectivity index (χ3n) is 4.86. The van der Waals surface area contributed by atoms with Crippen molar-refractivity contribution in [3.63, 3.8) is 0 Å². The number of hydrogen-bond acceptors (Lipinski definition) is 2. The van der Waals surface area contributed by atoms with Gasteiger partial charge in [0.1, 0.15) is 0 Å².